The summed E-state index contributed by atoms with van der Waals surface area (Å²) in [6.45, 7) is 3.89. The van der Waals surface area contributed by atoms with Gasteiger partial charge in [-0.05, 0) is 31.9 Å². The lowest BCUT2D eigenvalue weighted by Gasteiger charge is -2.17. The number of aliphatic hydroxyl groups is 1. The maximum absolute atomic E-state index is 12.1. The Hall–Kier alpha value is -0.910. The Morgan fingerprint density at radius 1 is 1.22 bits per heavy atom. The van der Waals surface area contributed by atoms with Crippen molar-refractivity contribution in [1.29, 1.82) is 0 Å². The average Bonchev–Trinajstić information content (AvgIpc) is 2.29. The van der Waals surface area contributed by atoms with Crippen LogP contribution in [0.1, 0.15) is 31.7 Å². The standard InChI is InChI=1S/C13H21NO3S/c1-3-4-12(9-10-15)14-18(16,17)13-7-5-11(2)6-8-13/h5-8,12,14-15H,3-4,9-10H2,1-2H3/t12-/m0/s1. The van der Waals surface area contributed by atoms with Crippen molar-refractivity contribution in [2.45, 2.75) is 44.0 Å². The second kappa shape index (κ2) is 6.87. The number of hydrogen-bond donors (Lipinski definition) is 2. The molecule has 18 heavy (non-hydrogen) atoms. The van der Waals surface area contributed by atoms with Crippen molar-refractivity contribution < 1.29 is 13.5 Å². The molecule has 1 rings (SSSR count). The van der Waals surface area contributed by atoms with Gasteiger partial charge in [-0.1, -0.05) is 31.0 Å². The van der Waals surface area contributed by atoms with Gasteiger partial charge in [-0.25, -0.2) is 13.1 Å². The highest BCUT2D eigenvalue weighted by Crippen LogP contribution is 2.12. The third kappa shape index (κ3) is 4.40. The van der Waals surface area contributed by atoms with Gasteiger partial charge in [0.15, 0.2) is 0 Å². The summed E-state index contributed by atoms with van der Waals surface area (Å²) < 4.78 is 26.9. The molecule has 0 aromatic heterocycles. The van der Waals surface area contributed by atoms with E-state index in [9.17, 15) is 8.42 Å². The van der Waals surface area contributed by atoms with Gasteiger partial charge in [0.25, 0.3) is 0 Å². The highest BCUT2D eigenvalue weighted by Gasteiger charge is 2.18. The number of aryl methyl sites for hydroxylation is 1. The van der Waals surface area contributed by atoms with Crippen LogP contribution in [0.5, 0.6) is 0 Å². The van der Waals surface area contributed by atoms with E-state index in [-0.39, 0.29) is 17.5 Å². The highest BCUT2D eigenvalue weighted by atomic mass is 32.2. The van der Waals surface area contributed by atoms with Crippen LogP contribution in [-0.2, 0) is 10.0 Å². The molecule has 1 atom stereocenters. The minimum atomic E-state index is -3.48. The van der Waals surface area contributed by atoms with Crippen LogP contribution in [0.4, 0.5) is 0 Å². The lowest BCUT2D eigenvalue weighted by molar-refractivity contribution is 0.268. The number of sulfonamides is 1. The van der Waals surface area contributed by atoms with E-state index in [1.807, 2.05) is 13.8 Å². The van der Waals surface area contributed by atoms with Crippen molar-refractivity contribution in [2.75, 3.05) is 6.61 Å². The van der Waals surface area contributed by atoms with Gasteiger partial charge in [0.2, 0.25) is 10.0 Å². The number of nitrogens with one attached hydrogen (secondary N) is 1. The predicted molar refractivity (Wildman–Crippen MR) is 71.9 cm³/mol. The summed E-state index contributed by atoms with van der Waals surface area (Å²) in [5.41, 5.74) is 1.02. The van der Waals surface area contributed by atoms with Crippen molar-refractivity contribution in [3.63, 3.8) is 0 Å². The van der Waals surface area contributed by atoms with E-state index < -0.39 is 10.0 Å². The zero-order valence-corrected chi connectivity index (χ0v) is 11.7. The van der Waals surface area contributed by atoms with Crippen LogP contribution in [0.25, 0.3) is 0 Å². The maximum Gasteiger partial charge on any atom is 0.240 e. The second-order valence-electron chi connectivity index (χ2n) is 4.43. The molecule has 1 aromatic carbocycles. The van der Waals surface area contributed by atoms with E-state index >= 15 is 0 Å². The molecule has 0 amide bonds. The van der Waals surface area contributed by atoms with Crippen LogP contribution >= 0.6 is 0 Å². The molecule has 0 saturated carbocycles. The lowest BCUT2D eigenvalue weighted by Crippen LogP contribution is -2.35. The molecule has 0 unspecified atom stereocenters. The first-order chi connectivity index (χ1) is 8.49. The summed E-state index contributed by atoms with van der Waals surface area (Å²) >= 11 is 0. The van der Waals surface area contributed by atoms with Gasteiger partial charge in [0.1, 0.15) is 0 Å². The average molecular weight is 271 g/mol. The molecule has 0 spiro atoms. The van der Waals surface area contributed by atoms with Crippen molar-refractivity contribution in [3.05, 3.63) is 29.8 Å². The first kappa shape index (κ1) is 15.1. The van der Waals surface area contributed by atoms with Gasteiger partial charge < -0.3 is 5.11 Å². The minimum absolute atomic E-state index is 0.0128. The van der Waals surface area contributed by atoms with Crippen molar-refractivity contribution in [2.24, 2.45) is 0 Å². The fourth-order valence-corrected chi connectivity index (χ4v) is 3.08. The molecule has 2 N–H and O–H groups in total. The van der Waals surface area contributed by atoms with Crippen LogP contribution in [0.2, 0.25) is 0 Å². The van der Waals surface area contributed by atoms with E-state index in [4.69, 9.17) is 5.11 Å². The number of hydrogen-bond acceptors (Lipinski definition) is 3. The fourth-order valence-electron chi connectivity index (χ4n) is 1.77. The molecule has 0 saturated heterocycles. The van der Waals surface area contributed by atoms with Crippen molar-refractivity contribution in [3.8, 4) is 0 Å². The van der Waals surface area contributed by atoms with Gasteiger partial charge in [-0.3, -0.25) is 0 Å². The molecule has 4 nitrogen and oxygen atoms in total. The molecule has 102 valence electrons. The summed E-state index contributed by atoms with van der Waals surface area (Å²) in [6, 6.07) is 6.54. The summed E-state index contributed by atoms with van der Waals surface area (Å²) in [7, 11) is -3.48. The van der Waals surface area contributed by atoms with E-state index in [0.29, 0.717) is 6.42 Å². The molecule has 1 aromatic rings. The molecule has 5 heteroatoms. The quantitative estimate of drug-likeness (QED) is 0.795. The summed E-state index contributed by atoms with van der Waals surface area (Å²) in [6.07, 6.45) is 2.05. The largest absolute Gasteiger partial charge is 0.396 e. The van der Waals surface area contributed by atoms with Crippen LogP contribution in [-0.4, -0.2) is 26.2 Å². The van der Waals surface area contributed by atoms with Gasteiger partial charge in [-0.15, -0.1) is 0 Å². The molecule has 0 aliphatic rings. The number of benzene rings is 1. The molecule has 0 fully saturated rings. The Morgan fingerprint density at radius 2 is 1.83 bits per heavy atom. The first-order valence-electron chi connectivity index (χ1n) is 6.19. The third-order valence-corrected chi connectivity index (χ3v) is 4.30. The van der Waals surface area contributed by atoms with E-state index in [2.05, 4.69) is 4.72 Å². The van der Waals surface area contributed by atoms with E-state index in [1.54, 1.807) is 24.3 Å². The highest BCUT2D eigenvalue weighted by molar-refractivity contribution is 7.89. The summed E-state index contributed by atoms with van der Waals surface area (Å²) in [5, 5.41) is 8.93. The maximum atomic E-state index is 12.1. The normalized spacial score (nSPS) is 13.5. The number of rotatable bonds is 7. The van der Waals surface area contributed by atoms with Gasteiger partial charge in [0, 0.05) is 12.6 Å². The number of aliphatic hydroxyl groups excluding tert-OH is 1. The Bertz CT molecular complexity index is 448. The Morgan fingerprint density at radius 3 is 2.33 bits per heavy atom. The Kier molecular flexibility index (Phi) is 5.78. The first-order valence-corrected chi connectivity index (χ1v) is 7.67. The van der Waals surface area contributed by atoms with E-state index in [0.717, 1.165) is 18.4 Å². The van der Waals surface area contributed by atoms with Crippen molar-refractivity contribution in [1.82, 2.24) is 4.72 Å². The second-order valence-corrected chi connectivity index (χ2v) is 6.15. The van der Waals surface area contributed by atoms with Gasteiger partial charge in [0.05, 0.1) is 4.90 Å². The summed E-state index contributed by atoms with van der Waals surface area (Å²) in [5.74, 6) is 0. The van der Waals surface area contributed by atoms with Crippen LogP contribution in [0, 0.1) is 6.92 Å². The third-order valence-electron chi connectivity index (χ3n) is 2.77. The van der Waals surface area contributed by atoms with Crippen LogP contribution < -0.4 is 4.72 Å². The van der Waals surface area contributed by atoms with E-state index in [1.165, 1.54) is 0 Å². The molecule has 0 aliphatic carbocycles. The monoisotopic (exact) mass is 271 g/mol. The molecule has 0 bridgehead atoms. The predicted octanol–water partition coefficient (Wildman–Crippen LogP) is 1.82. The fraction of sp³-hybridized carbons (Fsp3) is 0.538. The van der Waals surface area contributed by atoms with Crippen LogP contribution in [0.15, 0.2) is 29.2 Å². The minimum Gasteiger partial charge on any atom is -0.396 e. The SMILES string of the molecule is CCC[C@@H](CCO)NS(=O)(=O)c1ccc(C)cc1. The molecular formula is C13H21NO3S. The molecule has 0 aliphatic heterocycles. The van der Waals surface area contributed by atoms with Gasteiger partial charge in [-0.2, -0.15) is 0 Å². The lowest BCUT2D eigenvalue weighted by atomic mass is 10.1. The molecule has 0 heterocycles. The van der Waals surface area contributed by atoms with Gasteiger partial charge >= 0.3 is 0 Å². The zero-order chi connectivity index (χ0) is 13.6. The zero-order valence-electron chi connectivity index (χ0n) is 10.9. The Balaban J connectivity index is 2.82. The molecule has 0 radical (unpaired) electrons. The van der Waals surface area contributed by atoms with Crippen molar-refractivity contribution >= 4 is 10.0 Å². The van der Waals surface area contributed by atoms with Crippen LogP contribution in [0.3, 0.4) is 0 Å². The Labute approximate surface area is 109 Å². The molecular weight excluding hydrogens is 250 g/mol. The topological polar surface area (TPSA) is 66.4 Å². The smallest absolute Gasteiger partial charge is 0.240 e. The summed E-state index contributed by atoms with van der Waals surface area (Å²) in [4.78, 5) is 0.271.